The van der Waals surface area contributed by atoms with Gasteiger partial charge in [0.15, 0.2) is 0 Å². The number of ether oxygens (including phenoxy) is 1. The molecule has 2 heterocycles. The Hall–Kier alpha value is -2.92. The van der Waals surface area contributed by atoms with Crippen LogP contribution in [-0.4, -0.2) is 106 Å². The van der Waals surface area contributed by atoms with E-state index in [1.54, 1.807) is 0 Å². The van der Waals surface area contributed by atoms with Gasteiger partial charge in [0, 0.05) is 31.0 Å². The van der Waals surface area contributed by atoms with Crippen LogP contribution in [0.5, 0.6) is 0 Å². The van der Waals surface area contributed by atoms with Gasteiger partial charge < -0.3 is 35.0 Å². The maximum Gasteiger partial charge on any atom is 0.228 e. The fourth-order valence-corrected chi connectivity index (χ4v) is 7.49. The van der Waals surface area contributed by atoms with Gasteiger partial charge in [0.25, 0.3) is 0 Å². The minimum absolute atomic E-state index is 0.0319. The number of carbonyl (C=O) groups excluding carboxylic acids is 2. The number of piperidine rings is 1. The summed E-state index contributed by atoms with van der Waals surface area (Å²) in [6, 6.07) is 10.9. The summed E-state index contributed by atoms with van der Waals surface area (Å²) in [6.45, 7) is 16.9. The van der Waals surface area contributed by atoms with E-state index < -0.39 is 48.0 Å². The highest BCUT2D eigenvalue weighted by molar-refractivity contribution is 5.93. The molecule has 0 bridgehead atoms. The third-order valence-corrected chi connectivity index (χ3v) is 11.2. The van der Waals surface area contributed by atoms with Crippen molar-refractivity contribution >= 4 is 17.8 Å². The number of carbonyl (C=O) groups is 2. The number of hydrogen-bond donors (Lipinski definition) is 4. The number of ketones is 1. The van der Waals surface area contributed by atoms with Crippen LogP contribution in [0.2, 0.25) is 0 Å². The Balaban J connectivity index is 1.48. The number of amides is 1. The number of aliphatic hydroxyl groups excluding tert-OH is 4. The van der Waals surface area contributed by atoms with E-state index in [0.717, 1.165) is 53.7 Å². The molecule has 2 aromatic carbocycles. The first kappa shape index (κ1) is 40.8. The molecular formula is C42H62N2O7. The zero-order valence-electron chi connectivity index (χ0n) is 32.4. The first-order valence-corrected chi connectivity index (χ1v) is 18.5. The zero-order valence-corrected chi connectivity index (χ0v) is 32.4. The second-order valence-corrected chi connectivity index (χ2v) is 16.7. The quantitative estimate of drug-likeness (QED) is 0.240. The highest BCUT2D eigenvalue weighted by Crippen LogP contribution is 2.37. The minimum Gasteiger partial charge on any atom is -0.394 e. The molecule has 2 aliphatic rings. The Bertz CT molecular complexity index is 1570. The summed E-state index contributed by atoms with van der Waals surface area (Å²) in [5.41, 5.74) is 5.52. The van der Waals surface area contributed by atoms with Gasteiger partial charge in [-0.1, -0.05) is 70.2 Å². The van der Waals surface area contributed by atoms with Gasteiger partial charge in [0.2, 0.25) is 5.91 Å². The van der Waals surface area contributed by atoms with Gasteiger partial charge >= 0.3 is 0 Å². The number of allylic oxidation sites excluding steroid dienone is 1. The molecule has 2 saturated heterocycles. The van der Waals surface area contributed by atoms with E-state index in [4.69, 9.17) is 4.74 Å². The van der Waals surface area contributed by atoms with Crippen LogP contribution in [0.4, 0.5) is 0 Å². The van der Waals surface area contributed by atoms with Crippen LogP contribution >= 0.6 is 0 Å². The van der Waals surface area contributed by atoms with Crippen LogP contribution < -0.4 is 0 Å². The van der Waals surface area contributed by atoms with Gasteiger partial charge in [-0.05, 0) is 106 Å². The summed E-state index contributed by atoms with van der Waals surface area (Å²) >= 11 is 0. The lowest BCUT2D eigenvalue weighted by Gasteiger charge is -2.41. The zero-order chi connectivity index (χ0) is 38.0. The number of aliphatic hydroxyl groups is 4. The number of benzene rings is 2. The molecule has 0 aliphatic carbocycles. The molecule has 0 spiro atoms. The van der Waals surface area contributed by atoms with Gasteiger partial charge in [-0.2, -0.15) is 0 Å². The summed E-state index contributed by atoms with van der Waals surface area (Å²) < 4.78 is 5.93. The third kappa shape index (κ3) is 9.36. The molecule has 1 amide bonds. The van der Waals surface area contributed by atoms with E-state index in [2.05, 4.69) is 58.0 Å². The number of aryl methyl sites for hydroxylation is 2. The summed E-state index contributed by atoms with van der Waals surface area (Å²) in [5, 5.41) is 41.4. The second-order valence-electron chi connectivity index (χ2n) is 16.7. The Kier molecular flexibility index (Phi) is 13.1. The minimum atomic E-state index is -1.44. The molecule has 0 unspecified atom stereocenters. The molecular weight excluding hydrogens is 644 g/mol. The maximum absolute atomic E-state index is 13.6. The average molecular weight is 707 g/mol. The van der Waals surface area contributed by atoms with E-state index in [-0.39, 0.29) is 24.0 Å². The lowest BCUT2D eigenvalue weighted by molar-refractivity contribution is -0.231. The molecule has 0 radical (unpaired) electrons. The number of Topliss-reactive ketones (excluding diaryl/α,β-unsaturated/α-hetero) is 1. The van der Waals surface area contributed by atoms with Crippen molar-refractivity contribution in [3.05, 3.63) is 75.4 Å². The molecule has 0 aromatic heterocycles. The van der Waals surface area contributed by atoms with E-state index in [1.165, 1.54) is 5.56 Å². The highest BCUT2D eigenvalue weighted by atomic mass is 16.5. The normalized spacial score (nSPS) is 23.8. The first-order chi connectivity index (χ1) is 23.8. The average Bonchev–Trinajstić information content (AvgIpc) is 3.07. The lowest BCUT2D eigenvalue weighted by atomic mass is 9.76. The molecule has 2 fully saturated rings. The Morgan fingerprint density at radius 2 is 1.59 bits per heavy atom. The third-order valence-electron chi connectivity index (χ3n) is 11.2. The van der Waals surface area contributed by atoms with E-state index in [0.29, 0.717) is 18.0 Å². The topological polar surface area (TPSA) is 131 Å². The van der Waals surface area contributed by atoms with Crippen molar-refractivity contribution in [3.8, 4) is 0 Å². The summed E-state index contributed by atoms with van der Waals surface area (Å²) in [4.78, 5) is 31.2. The summed E-state index contributed by atoms with van der Waals surface area (Å²) in [6.07, 6.45) is 0.551. The van der Waals surface area contributed by atoms with Gasteiger partial charge in [0.1, 0.15) is 36.3 Å². The molecule has 9 nitrogen and oxygen atoms in total. The van der Waals surface area contributed by atoms with Crippen molar-refractivity contribution in [2.24, 2.45) is 10.8 Å². The van der Waals surface area contributed by atoms with Crippen molar-refractivity contribution in [1.29, 1.82) is 0 Å². The summed E-state index contributed by atoms with van der Waals surface area (Å²) in [7, 11) is 4.16. The van der Waals surface area contributed by atoms with Gasteiger partial charge in [-0.15, -0.1) is 0 Å². The van der Waals surface area contributed by atoms with Crippen LogP contribution in [0.1, 0.15) is 112 Å². The predicted octanol–water partition coefficient (Wildman–Crippen LogP) is 5.11. The van der Waals surface area contributed by atoms with Crippen molar-refractivity contribution in [3.63, 3.8) is 0 Å². The van der Waals surface area contributed by atoms with Gasteiger partial charge in [-0.3, -0.25) is 9.59 Å². The van der Waals surface area contributed by atoms with E-state index in [1.807, 2.05) is 63.8 Å². The maximum atomic E-state index is 13.6. The molecule has 282 valence electrons. The number of likely N-dealkylation sites (tertiary alicyclic amines) is 1. The Labute approximate surface area is 305 Å². The van der Waals surface area contributed by atoms with Gasteiger partial charge in [-0.25, -0.2) is 0 Å². The van der Waals surface area contributed by atoms with Crippen molar-refractivity contribution in [2.75, 3.05) is 33.8 Å². The number of nitrogens with zero attached hydrogens (tertiary/aromatic N) is 2. The Morgan fingerprint density at radius 3 is 2.16 bits per heavy atom. The fraction of sp³-hybridized carbons (Fsp3) is 0.619. The number of hydrogen-bond acceptors (Lipinski definition) is 8. The molecule has 2 aliphatic heterocycles. The van der Waals surface area contributed by atoms with Crippen molar-refractivity contribution in [1.82, 2.24) is 9.80 Å². The van der Waals surface area contributed by atoms with Crippen LogP contribution in [0.15, 0.2) is 36.4 Å². The van der Waals surface area contributed by atoms with E-state index >= 15 is 0 Å². The van der Waals surface area contributed by atoms with Gasteiger partial charge in [0.05, 0.1) is 12.0 Å². The lowest BCUT2D eigenvalue weighted by Crippen LogP contribution is -2.55. The number of rotatable bonds is 12. The molecule has 9 heteroatoms. The highest BCUT2D eigenvalue weighted by Gasteiger charge is 2.44. The Morgan fingerprint density at radius 1 is 0.941 bits per heavy atom. The van der Waals surface area contributed by atoms with Crippen molar-refractivity contribution < 1.29 is 34.8 Å². The predicted molar refractivity (Wildman–Crippen MR) is 201 cm³/mol. The van der Waals surface area contributed by atoms with E-state index in [9.17, 15) is 30.0 Å². The van der Waals surface area contributed by atoms with Crippen LogP contribution in [0.25, 0.3) is 6.08 Å². The summed E-state index contributed by atoms with van der Waals surface area (Å²) in [5.74, 6) is 0.318. The molecule has 5 atom stereocenters. The fourth-order valence-electron chi connectivity index (χ4n) is 7.49. The molecule has 4 rings (SSSR count). The largest absolute Gasteiger partial charge is 0.394 e. The molecule has 2 aromatic rings. The van der Waals surface area contributed by atoms with Crippen molar-refractivity contribution in [2.45, 2.75) is 124 Å². The van der Waals surface area contributed by atoms with Crippen LogP contribution in [-0.2, 0) is 20.7 Å². The van der Waals surface area contributed by atoms with Crippen LogP contribution in [0, 0.1) is 24.7 Å². The first-order valence-electron chi connectivity index (χ1n) is 18.5. The smallest absolute Gasteiger partial charge is 0.228 e. The molecule has 4 N–H and O–H groups in total. The SMILES string of the molecule is Cc1cc(/C=C/C(C)(C)C(=O)CC(C)(C)C(=O)N2CCC(N(C)C)CC2)ccc1Cc1cc([C@@H]2O[C@H](CO)[C@@H](O)[C@H](O)[C@H]2O)c(C)cc1C(C)C. The molecule has 0 saturated carbocycles. The molecule has 51 heavy (non-hydrogen) atoms. The second kappa shape index (κ2) is 16.4. The standard InChI is InChI=1S/C42H62N2O7/c1-25(2)32-20-27(4)33(39-38(49)37(48)36(47)34(24-45)51-39)22-30(32)21-29-12-11-28(19-26(29)3)13-16-41(5,6)35(46)23-42(7,8)40(50)44-17-14-31(15-18-44)43(9)10/h11-13,16,19-20,22,25,31,34,36-39,45,47-49H,14-15,17-18,21,23-24H2,1-10H3/b16-13+/t34-,36-,37+,38-,39+/m1/s1. The van der Waals surface area contributed by atoms with Crippen LogP contribution in [0.3, 0.4) is 0 Å². The monoisotopic (exact) mass is 706 g/mol.